The lowest BCUT2D eigenvalue weighted by atomic mass is 10.00. The van der Waals surface area contributed by atoms with Gasteiger partial charge in [-0.15, -0.1) is 0 Å². The van der Waals surface area contributed by atoms with E-state index in [0.717, 1.165) is 38.5 Å². The summed E-state index contributed by atoms with van der Waals surface area (Å²) < 4.78 is 0. The van der Waals surface area contributed by atoms with Crippen LogP contribution in [0.25, 0.3) is 0 Å². The maximum absolute atomic E-state index is 10.4. The topological polar surface area (TPSA) is 61.5 Å². The molecule has 3 unspecified atom stereocenters. The summed E-state index contributed by atoms with van der Waals surface area (Å²) in [5, 5.41) is 13.8. The molecule has 0 aliphatic carbocycles. The van der Waals surface area contributed by atoms with E-state index >= 15 is 0 Å². The van der Waals surface area contributed by atoms with Gasteiger partial charge < -0.3 is 16.2 Å². The molecular formula is C15H31N3O. The minimum Gasteiger partial charge on any atom is -0.377 e. The summed E-state index contributed by atoms with van der Waals surface area (Å²) in [6.45, 7) is 4.07. The van der Waals surface area contributed by atoms with E-state index in [1.165, 1.54) is 44.9 Å². The summed E-state index contributed by atoms with van der Waals surface area (Å²) in [6, 6.07) is 0.309. The zero-order chi connectivity index (χ0) is 13.5. The molecule has 2 fully saturated rings. The van der Waals surface area contributed by atoms with E-state index in [4.69, 9.17) is 5.73 Å². The molecule has 2 heterocycles. The molecule has 0 spiro atoms. The molecule has 4 heteroatoms. The monoisotopic (exact) mass is 269 g/mol. The van der Waals surface area contributed by atoms with Gasteiger partial charge in [0.25, 0.3) is 0 Å². The second-order valence-electron chi connectivity index (χ2n) is 6.26. The summed E-state index contributed by atoms with van der Waals surface area (Å²) in [6.07, 6.45) is 9.76. The van der Waals surface area contributed by atoms with E-state index in [1.54, 1.807) is 0 Å². The zero-order valence-electron chi connectivity index (χ0n) is 12.2. The van der Waals surface area contributed by atoms with Crippen LogP contribution in [0.5, 0.6) is 0 Å². The molecule has 2 aliphatic rings. The number of rotatable bonds is 8. The molecule has 112 valence electrons. The SMILES string of the molecule is NCCCCCCC1CCN(C(O)C2CCCN2)C1. The Morgan fingerprint density at radius 1 is 1.21 bits per heavy atom. The van der Waals surface area contributed by atoms with Gasteiger partial charge in [-0.25, -0.2) is 0 Å². The smallest absolute Gasteiger partial charge is 0.122 e. The van der Waals surface area contributed by atoms with Gasteiger partial charge in [-0.3, -0.25) is 4.90 Å². The predicted molar refractivity (Wildman–Crippen MR) is 78.9 cm³/mol. The van der Waals surface area contributed by atoms with Crippen molar-refractivity contribution in [3.63, 3.8) is 0 Å². The fraction of sp³-hybridized carbons (Fsp3) is 1.00. The van der Waals surface area contributed by atoms with E-state index in [1.807, 2.05) is 0 Å². The maximum atomic E-state index is 10.4. The van der Waals surface area contributed by atoms with Crippen LogP contribution in [0, 0.1) is 5.92 Å². The summed E-state index contributed by atoms with van der Waals surface area (Å²) in [4.78, 5) is 2.29. The molecule has 0 amide bonds. The first-order valence-electron chi connectivity index (χ1n) is 8.17. The van der Waals surface area contributed by atoms with Crippen molar-refractivity contribution in [2.45, 2.75) is 63.6 Å². The molecule has 3 atom stereocenters. The Kier molecular flexibility index (Phi) is 6.57. The van der Waals surface area contributed by atoms with E-state index in [0.29, 0.717) is 6.04 Å². The first-order chi connectivity index (χ1) is 9.31. The highest BCUT2D eigenvalue weighted by Crippen LogP contribution is 2.25. The van der Waals surface area contributed by atoms with Crippen molar-refractivity contribution in [2.24, 2.45) is 11.7 Å². The standard InChI is InChI=1S/C15H31N3O/c16-9-4-2-1-3-6-13-8-11-18(12-13)15(19)14-7-5-10-17-14/h13-15,17,19H,1-12,16H2. The third kappa shape index (κ3) is 4.71. The summed E-state index contributed by atoms with van der Waals surface area (Å²) in [5.74, 6) is 0.800. The number of aliphatic hydroxyl groups is 1. The zero-order valence-corrected chi connectivity index (χ0v) is 12.2. The number of nitrogens with zero attached hydrogens (tertiary/aromatic N) is 1. The molecular weight excluding hydrogens is 238 g/mol. The van der Waals surface area contributed by atoms with Crippen LogP contribution in [0.4, 0.5) is 0 Å². The highest BCUT2D eigenvalue weighted by molar-refractivity contribution is 4.86. The van der Waals surface area contributed by atoms with Crippen molar-refractivity contribution in [3.05, 3.63) is 0 Å². The van der Waals surface area contributed by atoms with Crippen LogP contribution in [-0.4, -0.2) is 48.5 Å². The van der Waals surface area contributed by atoms with Gasteiger partial charge in [0.15, 0.2) is 0 Å². The molecule has 4 N–H and O–H groups in total. The van der Waals surface area contributed by atoms with Crippen LogP contribution in [0.3, 0.4) is 0 Å². The van der Waals surface area contributed by atoms with E-state index in [2.05, 4.69) is 10.2 Å². The number of nitrogens with one attached hydrogen (secondary N) is 1. The van der Waals surface area contributed by atoms with Crippen molar-refractivity contribution in [3.8, 4) is 0 Å². The van der Waals surface area contributed by atoms with Crippen LogP contribution >= 0.6 is 0 Å². The molecule has 0 bridgehead atoms. The first kappa shape index (κ1) is 15.2. The van der Waals surface area contributed by atoms with Crippen molar-refractivity contribution in [1.29, 1.82) is 0 Å². The number of aliphatic hydroxyl groups excluding tert-OH is 1. The molecule has 0 aromatic carbocycles. The lowest BCUT2D eigenvalue weighted by molar-refractivity contribution is -0.00742. The number of likely N-dealkylation sites (tertiary alicyclic amines) is 1. The van der Waals surface area contributed by atoms with Crippen LogP contribution in [0.15, 0.2) is 0 Å². The third-order valence-electron chi connectivity index (χ3n) is 4.72. The van der Waals surface area contributed by atoms with E-state index in [-0.39, 0.29) is 6.23 Å². The van der Waals surface area contributed by atoms with Gasteiger partial charge in [-0.05, 0) is 51.1 Å². The van der Waals surface area contributed by atoms with E-state index < -0.39 is 0 Å². The van der Waals surface area contributed by atoms with Crippen molar-refractivity contribution in [2.75, 3.05) is 26.2 Å². The number of hydrogen-bond donors (Lipinski definition) is 3. The third-order valence-corrected chi connectivity index (χ3v) is 4.72. The van der Waals surface area contributed by atoms with Crippen LogP contribution in [0.2, 0.25) is 0 Å². The number of nitrogens with two attached hydrogens (primary N) is 1. The lowest BCUT2D eigenvalue weighted by Crippen LogP contribution is -2.46. The number of hydrogen-bond acceptors (Lipinski definition) is 4. The molecule has 19 heavy (non-hydrogen) atoms. The average Bonchev–Trinajstić information content (AvgIpc) is 3.09. The Hall–Kier alpha value is -0.160. The Balaban J connectivity index is 1.59. The van der Waals surface area contributed by atoms with Gasteiger partial charge >= 0.3 is 0 Å². The Morgan fingerprint density at radius 2 is 2.05 bits per heavy atom. The molecule has 0 aromatic rings. The quantitative estimate of drug-likeness (QED) is 0.581. The van der Waals surface area contributed by atoms with Gasteiger partial charge in [0.1, 0.15) is 6.23 Å². The minimum absolute atomic E-state index is 0.259. The van der Waals surface area contributed by atoms with Crippen molar-refractivity contribution >= 4 is 0 Å². The second-order valence-corrected chi connectivity index (χ2v) is 6.26. The fourth-order valence-electron chi connectivity index (χ4n) is 3.49. The van der Waals surface area contributed by atoms with Gasteiger partial charge in [0.2, 0.25) is 0 Å². The molecule has 2 aliphatic heterocycles. The summed E-state index contributed by atoms with van der Waals surface area (Å²) >= 11 is 0. The Bertz CT molecular complexity index is 244. The number of unbranched alkanes of at least 4 members (excludes halogenated alkanes) is 3. The van der Waals surface area contributed by atoms with Crippen LogP contribution in [-0.2, 0) is 0 Å². The van der Waals surface area contributed by atoms with Crippen molar-refractivity contribution in [1.82, 2.24) is 10.2 Å². The molecule has 2 rings (SSSR count). The second kappa shape index (κ2) is 8.20. The Labute approximate surface area is 117 Å². The summed E-state index contributed by atoms with van der Waals surface area (Å²) in [7, 11) is 0. The highest BCUT2D eigenvalue weighted by Gasteiger charge is 2.32. The predicted octanol–water partition coefficient (Wildman–Crippen LogP) is 1.29. The molecule has 0 aromatic heterocycles. The minimum atomic E-state index is -0.259. The largest absolute Gasteiger partial charge is 0.377 e. The molecule has 4 nitrogen and oxygen atoms in total. The molecule has 0 saturated carbocycles. The average molecular weight is 269 g/mol. The Morgan fingerprint density at radius 3 is 2.79 bits per heavy atom. The van der Waals surface area contributed by atoms with Gasteiger partial charge in [-0.1, -0.05) is 19.3 Å². The maximum Gasteiger partial charge on any atom is 0.122 e. The van der Waals surface area contributed by atoms with Crippen molar-refractivity contribution < 1.29 is 5.11 Å². The normalized spacial score (nSPS) is 30.0. The van der Waals surface area contributed by atoms with Crippen LogP contribution in [0.1, 0.15) is 51.4 Å². The molecule has 0 radical (unpaired) electrons. The molecule has 2 saturated heterocycles. The summed E-state index contributed by atoms with van der Waals surface area (Å²) in [5.41, 5.74) is 5.50. The fourth-order valence-corrected chi connectivity index (χ4v) is 3.49. The van der Waals surface area contributed by atoms with Gasteiger partial charge in [0, 0.05) is 19.1 Å². The first-order valence-corrected chi connectivity index (χ1v) is 8.17. The van der Waals surface area contributed by atoms with Gasteiger partial charge in [0.05, 0.1) is 0 Å². The highest BCUT2D eigenvalue weighted by atomic mass is 16.3. The van der Waals surface area contributed by atoms with Crippen LogP contribution < -0.4 is 11.1 Å². The van der Waals surface area contributed by atoms with E-state index in [9.17, 15) is 5.11 Å². The lowest BCUT2D eigenvalue weighted by Gasteiger charge is -2.28. The van der Waals surface area contributed by atoms with Gasteiger partial charge in [-0.2, -0.15) is 0 Å².